The second-order valence-corrected chi connectivity index (χ2v) is 7.09. The lowest BCUT2D eigenvalue weighted by molar-refractivity contribution is 0.0735. The molecule has 0 amide bonds. The molecule has 0 atom stereocenters. The third-order valence-corrected chi connectivity index (χ3v) is 4.96. The number of ether oxygens (including phenoxy) is 3. The molecule has 30 heavy (non-hydrogen) atoms. The van der Waals surface area contributed by atoms with Crippen LogP contribution in [0.2, 0.25) is 0 Å². The van der Waals surface area contributed by atoms with E-state index >= 15 is 0 Å². The maximum absolute atomic E-state index is 12.7. The molecule has 1 aromatic heterocycles. The molecular formula is C23H15BrO6. The van der Waals surface area contributed by atoms with Gasteiger partial charge < -0.3 is 18.6 Å². The van der Waals surface area contributed by atoms with Gasteiger partial charge in [0.15, 0.2) is 0 Å². The van der Waals surface area contributed by atoms with Crippen LogP contribution in [0.15, 0.2) is 86.7 Å². The van der Waals surface area contributed by atoms with Crippen LogP contribution in [0.5, 0.6) is 23.0 Å². The Bertz CT molecular complexity index is 1280. The van der Waals surface area contributed by atoms with Crippen LogP contribution in [0.25, 0.3) is 11.0 Å². The van der Waals surface area contributed by atoms with Crippen molar-refractivity contribution >= 4 is 32.9 Å². The third-order valence-electron chi connectivity index (χ3n) is 4.31. The molecule has 4 aromatic rings. The number of methoxy groups -OCH3 is 1. The first-order valence-corrected chi connectivity index (χ1v) is 9.68. The summed E-state index contributed by atoms with van der Waals surface area (Å²) < 4.78 is 22.4. The molecule has 0 spiro atoms. The average molecular weight is 467 g/mol. The van der Waals surface area contributed by atoms with Crippen LogP contribution < -0.4 is 19.6 Å². The smallest absolute Gasteiger partial charge is 0.343 e. The van der Waals surface area contributed by atoms with E-state index in [1.807, 2.05) is 6.07 Å². The SMILES string of the molecule is COc1ccc(C(=O)Oc2ccc3c(=O)c(Oc4ccccc4Br)coc3c2)cc1. The van der Waals surface area contributed by atoms with Gasteiger partial charge in [-0.2, -0.15) is 0 Å². The summed E-state index contributed by atoms with van der Waals surface area (Å²) in [6, 6.07) is 18.3. The molecule has 0 fully saturated rings. The second kappa shape index (κ2) is 8.42. The summed E-state index contributed by atoms with van der Waals surface area (Å²) in [5, 5.41) is 0.309. The number of rotatable bonds is 5. The number of hydrogen-bond acceptors (Lipinski definition) is 6. The Kier molecular flexibility index (Phi) is 5.54. The summed E-state index contributed by atoms with van der Waals surface area (Å²) in [5.74, 6) is 0.908. The van der Waals surface area contributed by atoms with E-state index in [4.69, 9.17) is 18.6 Å². The number of esters is 1. The molecule has 150 valence electrons. The highest BCUT2D eigenvalue weighted by atomic mass is 79.9. The number of para-hydroxylation sites is 1. The van der Waals surface area contributed by atoms with Crippen LogP contribution in [0.4, 0.5) is 0 Å². The van der Waals surface area contributed by atoms with Gasteiger partial charge in [-0.05, 0) is 64.5 Å². The predicted octanol–water partition coefficient (Wildman–Crippen LogP) is 5.58. The van der Waals surface area contributed by atoms with Crippen LogP contribution in [-0.2, 0) is 0 Å². The summed E-state index contributed by atoms with van der Waals surface area (Å²) >= 11 is 3.37. The zero-order valence-corrected chi connectivity index (χ0v) is 17.3. The maximum atomic E-state index is 12.7. The van der Waals surface area contributed by atoms with E-state index in [0.29, 0.717) is 26.9 Å². The number of hydrogen-bond donors (Lipinski definition) is 0. The highest BCUT2D eigenvalue weighted by Crippen LogP contribution is 2.29. The van der Waals surface area contributed by atoms with Gasteiger partial charge in [0.2, 0.25) is 11.2 Å². The lowest BCUT2D eigenvalue weighted by Gasteiger charge is -2.08. The topological polar surface area (TPSA) is 75.0 Å². The van der Waals surface area contributed by atoms with Crippen molar-refractivity contribution in [3.8, 4) is 23.0 Å². The largest absolute Gasteiger partial charge is 0.497 e. The van der Waals surface area contributed by atoms with Crippen molar-refractivity contribution in [3.63, 3.8) is 0 Å². The summed E-state index contributed by atoms with van der Waals surface area (Å²) in [7, 11) is 1.55. The zero-order valence-electron chi connectivity index (χ0n) is 15.8. The second-order valence-electron chi connectivity index (χ2n) is 6.24. The fraction of sp³-hybridized carbons (Fsp3) is 0.0435. The van der Waals surface area contributed by atoms with Gasteiger partial charge in [-0.1, -0.05) is 12.1 Å². The van der Waals surface area contributed by atoms with Crippen LogP contribution in [0, 0.1) is 0 Å². The van der Waals surface area contributed by atoms with Crippen LogP contribution >= 0.6 is 15.9 Å². The molecule has 0 N–H and O–H groups in total. The molecule has 4 rings (SSSR count). The third kappa shape index (κ3) is 4.06. The minimum absolute atomic E-state index is 0.0531. The van der Waals surface area contributed by atoms with Crippen molar-refractivity contribution in [2.75, 3.05) is 7.11 Å². The van der Waals surface area contributed by atoms with Crippen molar-refractivity contribution in [2.24, 2.45) is 0 Å². The fourth-order valence-corrected chi connectivity index (χ4v) is 3.13. The lowest BCUT2D eigenvalue weighted by Crippen LogP contribution is -2.09. The summed E-state index contributed by atoms with van der Waals surface area (Å²) in [6.07, 6.45) is 1.24. The zero-order chi connectivity index (χ0) is 21.1. The molecule has 0 aliphatic carbocycles. The van der Waals surface area contributed by atoms with Crippen molar-refractivity contribution < 1.29 is 23.4 Å². The Balaban J connectivity index is 1.58. The van der Waals surface area contributed by atoms with Gasteiger partial charge in [-0.25, -0.2) is 4.79 Å². The number of halogens is 1. The van der Waals surface area contributed by atoms with E-state index in [9.17, 15) is 9.59 Å². The molecule has 7 heteroatoms. The van der Waals surface area contributed by atoms with Gasteiger partial charge in [-0.15, -0.1) is 0 Å². The average Bonchev–Trinajstić information content (AvgIpc) is 2.77. The van der Waals surface area contributed by atoms with E-state index in [-0.39, 0.29) is 22.5 Å². The first-order chi connectivity index (χ1) is 14.5. The van der Waals surface area contributed by atoms with Gasteiger partial charge in [0.25, 0.3) is 0 Å². The van der Waals surface area contributed by atoms with E-state index in [0.717, 1.165) is 0 Å². The molecule has 0 radical (unpaired) electrons. The van der Waals surface area contributed by atoms with Gasteiger partial charge in [0.1, 0.15) is 29.1 Å². The Hall–Kier alpha value is -3.58. The highest BCUT2D eigenvalue weighted by molar-refractivity contribution is 9.10. The van der Waals surface area contributed by atoms with Crippen LogP contribution in [-0.4, -0.2) is 13.1 Å². The highest BCUT2D eigenvalue weighted by Gasteiger charge is 2.14. The summed E-state index contributed by atoms with van der Waals surface area (Å²) in [4.78, 5) is 25.1. The summed E-state index contributed by atoms with van der Waals surface area (Å²) in [6.45, 7) is 0. The lowest BCUT2D eigenvalue weighted by atomic mass is 10.2. The molecule has 3 aromatic carbocycles. The van der Waals surface area contributed by atoms with Crippen LogP contribution in [0.1, 0.15) is 10.4 Å². The molecule has 0 bridgehead atoms. The molecule has 0 unspecified atom stereocenters. The molecule has 0 saturated carbocycles. The number of benzene rings is 3. The van der Waals surface area contributed by atoms with E-state index < -0.39 is 5.97 Å². The Morgan fingerprint density at radius 1 is 0.933 bits per heavy atom. The quantitative estimate of drug-likeness (QED) is 0.282. The Labute approximate surface area is 179 Å². The Morgan fingerprint density at radius 3 is 2.40 bits per heavy atom. The van der Waals surface area contributed by atoms with E-state index in [1.54, 1.807) is 49.6 Å². The maximum Gasteiger partial charge on any atom is 0.343 e. The molecule has 6 nitrogen and oxygen atoms in total. The fourth-order valence-electron chi connectivity index (χ4n) is 2.76. The van der Waals surface area contributed by atoms with E-state index in [2.05, 4.69) is 15.9 Å². The number of carbonyl (C=O) groups is 1. The minimum atomic E-state index is -0.534. The van der Waals surface area contributed by atoms with Crippen molar-refractivity contribution in [3.05, 3.63) is 93.3 Å². The standard InChI is InChI=1S/C23H15BrO6/c1-27-15-8-6-14(7-9-15)23(26)29-16-10-11-17-20(12-16)28-13-21(22(17)25)30-19-5-3-2-4-18(19)24/h2-13H,1H3. The van der Waals surface area contributed by atoms with Gasteiger partial charge in [0, 0.05) is 6.07 Å². The number of carbonyl (C=O) groups excluding carboxylic acids is 1. The summed E-state index contributed by atoms with van der Waals surface area (Å²) in [5.41, 5.74) is 0.314. The van der Waals surface area contributed by atoms with Crippen molar-refractivity contribution in [1.29, 1.82) is 0 Å². The first-order valence-electron chi connectivity index (χ1n) is 8.89. The van der Waals surface area contributed by atoms with Crippen molar-refractivity contribution in [1.82, 2.24) is 0 Å². The van der Waals surface area contributed by atoms with Crippen molar-refractivity contribution in [2.45, 2.75) is 0 Å². The normalized spacial score (nSPS) is 10.6. The van der Waals surface area contributed by atoms with Gasteiger partial charge in [-0.3, -0.25) is 4.79 Å². The number of fused-ring (bicyclic) bond motifs is 1. The molecule has 0 saturated heterocycles. The Morgan fingerprint density at radius 2 is 1.67 bits per heavy atom. The molecule has 0 aliphatic rings. The molecular weight excluding hydrogens is 452 g/mol. The van der Waals surface area contributed by atoms with Gasteiger partial charge >= 0.3 is 5.97 Å². The first kappa shape index (κ1) is 19.7. The van der Waals surface area contributed by atoms with Crippen LogP contribution in [0.3, 0.4) is 0 Å². The van der Waals surface area contributed by atoms with E-state index in [1.165, 1.54) is 24.5 Å². The van der Waals surface area contributed by atoms with Gasteiger partial charge in [0.05, 0.1) is 22.5 Å². The molecule has 1 heterocycles. The molecule has 0 aliphatic heterocycles. The monoisotopic (exact) mass is 466 g/mol. The predicted molar refractivity (Wildman–Crippen MR) is 115 cm³/mol. The minimum Gasteiger partial charge on any atom is -0.497 e.